The Labute approximate surface area is 287 Å². The number of hydrogen-bond acceptors (Lipinski definition) is 3. The molecule has 50 heavy (non-hydrogen) atoms. The van der Waals surface area contributed by atoms with E-state index in [-0.39, 0.29) is 0 Å². The molecule has 0 radical (unpaired) electrons. The standard InChI is InChI=1S/C45H25N5/c46-26-29-16-22-42-39(23-29)45-34(28-48)9-6-14-43(45)49(42)35-19-17-31(18-20-35)32-7-5-8-33(25-32)36-21-15-30(27-47)24-44(36)50-40-12-3-1-10-37(40)38-11-2-4-13-41(38)50/h1-25H. The molecule has 0 N–H and O–H groups in total. The normalized spacial score (nSPS) is 11.1. The average Bonchev–Trinajstić information content (AvgIpc) is 3.70. The molecule has 5 heteroatoms. The van der Waals surface area contributed by atoms with Gasteiger partial charge in [0.05, 0.1) is 62.7 Å². The number of aromatic nitrogens is 2. The van der Waals surface area contributed by atoms with Gasteiger partial charge in [0.15, 0.2) is 0 Å². The molecule has 0 fully saturated rings. The Morgan fingerprint density at radius 3 is 1.74 bits per heavy atom. The van der Waals surface area contributed by atoms with Gasteiger partial charge in [-0.05, 0) is 89.5 Å². The first-order valence-corrected chi connectivity index (χ1v) is 16.3. The Kier molecular flexibility index (Phi) is 6.56. The molecule has 9 rings (SSSR count). The van der Waals surface area contributed by atoms with E-state index >= 15 is 0 Å². The van der Waals surface area contributed by atoms with Gasteiger partial charge in [-0.3, -0.25) is 0 Å². The predicted molar refractivity (Wildman–Crippen MR) is 200 cm³/mol. The minimum absolute atomic E-state index is 0.558. The monoisotopic (exact) mass is 635 g/mol. The van der Waals surface area contributed by atoms with E-state index in [1.54, 1.807) is 0 Å². The highest BCUT2D eigenvalue weighted by Crippen LogP contribution is 2.39. The third kappa shape index (κ3) is 4.38. The van der Waals surface area contributed by atoms with E-state index in [9.17, 15) is 15.8 Å². The molecule has 0 saturated carbocycles. The summed E-state index contributed by atoms with van der Waals surface area (Å²) in [4.78, 5) is 0. The van der Waals surface area contributed by atoms with Crippen LogP contribution in [-0.2, 0) is 0 Å². The van der Waals surface area contributed by atoms with E-state index in [0.717, 1.165) is 66.5 Å². The Morgan fingerprint density at radius 2 is 1.02 bits per heavy atom. The van der Waals surface area contributed by atoms with Crippen LogP contribution < -0.4 is 0 Å². The van der Waals surface area contributed by atoms with Crippen molar-refractivity contribution in [1.29, 1.82) is 15.8 Å². The van der Waals surface area contributed by atoms with Crippen molar-refractivity contribution in [2.24, 2.45) is 0 Å². The number of nitriles is 3. The lowest BCUT2D eigenvalue weighted by Crippen LogP contribution is -1.98. The van der Waals surface area contributed by atoms with Crippen LogP contribution in [0.3, 0.4) is 0 Å². The number of hydrogen-bond donors (Lipinski definition) is 0. The molecular weight excluding hydrogens is 611 g/mol. The van der Waals surface area contributed by atoms with Crippen LogP contribution in [0.2, 0.25) is 0 Å². The smallest absolute Gasteiger partial charge is 0.0998 e. The molecule has 0 aliphatic rings. The highest BCUT2D eigenvalue weighted by Gasteiger charge is 2.18. The van der Waals surface area contributed by atoms with Crippen molar-refractivity contribution in [2.75, 3.05) is 0 Å². The molecule has 0 amide bonds. The van der Waals surface area contributed by atoms with Gasteiger partial charge in [0.2, 0.25) is 0 Å². The maximum Gasteiger partial charge on any atom is 0.0998 e. The topological polar surface area (TPSA) is 81.2 Å². The zero-order valence-electron chi connectivity index (χ0n) is 26.7. The zero-order valence-corrected chi connectivity index (χ0v) is 26.7. The van der Waals surface area contributed by atoms with E-state index < -0.39 is 0 Å². The first-order chi connectivity index (χ1) is 24.7. The van der Waals surface area contributed by atoms with Gasteiger partial charge < -0.3 is 9.13 Å². The Hall–Kier alpha value is -7.39. The Bertz CT molecular complexity index is 2900. The maximum absolute atomic E-state index is 9.92. The highest BCUT2D eigenvalue weighted by atomic mass is 15.0. The summed E-state index contributed by atoms with van der Waals surface area (Å²) >= 11 is 0. The molecule has 0 spiro atoms. The molecule has 7 aromatic carbocycles. The fourth-order valence-electron chi connectivity index (χ4n) is 7.39. The minimum Gasteiger partial charge on any atom is -0.309 e. The summed E-state index contributed by atoms with van der Waals surface area (Å²) in [5, 5.41) is 33.5. The molecule has 2 heterocycles. The summed E-state index contributed by atoms with van der Waals surface area (Å²) in [6.45, 7) is 0. The predicted octanol–water partition coefficient (Wildman–Crippen LogP) is 10.8. The number of para-hydroxylation sites is 2. The van der Waals surface area contributed by atoms with Crippen LogP contribution in [0.5, 0.6) is 0 Å². The molecule has 0 aliphatic carbocycles. The van der Waals surface area contributed by atoms with Gasteiger partial charge in [0.1, 0.15) is 0 Å². The molecule has 5 nitrogen and oxygen atoms in total. The lowest BCUT2D eigenvalue weighted by molar-refractivity contribution is 1.18. The first-order valence-electron chi connectivity index (χ1n) is 16.3. The summed E-state index contributed by atoms with van der Waals surface area (Å²) in [6.07, 6.45) is 0. The zero-order chi connectivity index (χ0) is 33.8. The molecular formula is C45H25N5. The van der Waals surface area contributed by atoms with E-state index in [4.69, 9.17) is 0 Å². The van der Waals surface area contributed by atoms with Gasteiger partial charge in [0, 0.05) is 32.8 Å². The van der Waals surface area contributed by atoms with Crippen LogP contribution in [0.1, 0.15) is 16.7 Å². The molecule has 9 aromatic rings. The van der Waals surface area contributed by atoms with Crippen molar-refractivity contribution < 1.29 is 0 Å². The molecule has 0 bridgehead atoms. The van der Waals surface area contributed by atoms with Gasteiger partial charge in [0.25, 0.3) is 0 Å². The third-order valence-electron chi connectivity index (χ3n) is 9.62. The average molecular weight is 636 g/mol. The summed E-state index contributed by atoms with van der Waals surface area (Å²) < 4.78 is 4.42. The molecule has 2 aromatic heterocycles. The van der Waals surface area contributed by atoms with Crippen molar-refractivity contribution in [3.05, 3.63) is 168 Å². The summed E-state index contributed by atoms with van der Waals surface area (Å²) in [5.74, 6) is 0. The Balaban J connectivity index is 1.17. The van der Waals surface area contributed by atoms with Crippen LogP contribution in [-0.4, -0.2) is 9.13 Å². The molecule has 0 saturated heterocycles. The first kappa shape index (κ1) is 28.8. The second-order valence-corrected chi connectivity index (χ2v) is 12.3. The van der Waals surface area contributed by atoms with Crippen LogP contribution >= 0.6 is 0 Å². The fourth-order valence-corrected chi connectivity index (χ4v) is 7.39. The SMILES string of the molecule is N#Cc1ccc(-c2cccc(-c3ccc(-n4c5ccc(C#N)cc5c5c(C#N)cccc54)cc3)c2)c(-n2c3ccccc3c3ccccc32)c1. The Morgan fingerprint density at radius 1 is 0.400 bits per heavy atom. The number of benzene rings is 7. The van der Waals surface area contributed by atoms with Crippen molar-refractivity contribution in [3.63, 3.8) is 0 Å². The van der Waals surface area contributed by atoms with Crippen LogP contribution in [0, 0.1) is 34.0 Å². The van der Waals surface area contributed by atoms with Crippen molar-refractivity contribution >= 4 is 43.6 Å². The quantitative estimate of drug-likeness (QED) is 0.193. The van der Waals surface area contributed by atoms with E-state index in [1.807, 2.05) is 48.5 Å². The van der Waals surface area contributed by atoms with E-state index in [1.165, 1.54) is 10.8 Å². The fraction of sp³-hybridized carbons (Fsp3) is 0. The summed E-state index contributed by atoms with van der Waals surface area (Å²) in [6, 6.07) is 58.0. The van der Waals surface area contributed by atoms with Crippen LogP contribution in [0.15, 0.2) is 152 Å². The van der Waals surface area contributed by atoms with Gasteiger partial charge >= 0.3 is 0 Å². The number of nitrogens with zero attached hydrogens (tertiary/aromatic N) is 5. The van der Waals surface area contributed by atoms with Crippen molar-refractivity contribution in [1.82, 2.24) is 9.13 Å². The second-order valence-electron chi connectivity index (χ2n) is 12.3. The van der Waals surface area contributed by atoms with E-state index in [0.29, 0.717) is 16.7 Å². The highest BCUT2D eigenvalue weighted by molar-refractivity contribution is 6.12. The summed E-state index contributed by atoms with van der Waals surface area (Å²) in [7, 11) is 0. The molecule has 230 valence electrons. The largest absolute Gasteiger partial charge is 0.309 e. The number of fused-ring (bicyclic) bond motifs is 6. The minimum atomic E-state index is 0.558. The van der Waals surface area contributed by atoms with Gasteiger partial charge in [-0.15, -0.1) is 0 Å². The lowest BCUT2D eigenvalue weighted by Gasteiger charge is -2.15. The second kappa shape index (κ2) is 11.4. The molecule has 0 unspecified atom stereocenters. The summed E-state index contributed by atoms with van der Waals surface area (Å²) in [5.41, 5.74) is 11.9. The molecule has 0 aliphatic heterocycles. The van der Waals surface area contributed by atoms with Gasteiger partial charge in [-0.25, -0.2) is 0 Å². The van der Waals surface area contributed by atoms with E-state index in [2.05, 4.69) is 130 Å². The third-order valence-corrected chi connectivity index (χ3v) is 9.62. The van der Waals surface area contributed by atoms with Crippen LogP contribution in [0.25, 0.3) is 77.2 Å². The van der Waals surface area contributed by atoms with Gasteiger partial charge in [-0.1, -0.05) is 78.9 Å². The van der Waals surface area contributed by atoms with Crippen LogP contribution in [0.4, 0.5) is 0 Å². The van der Waals surface area contributed by atoms with Gasteiger partial charge in [-0.2, -0.15) is 15.8 Å². The number of rotatable bonds is 4. The lowest BCUT2D eigenvalue weighted by atomic mass is 9.96. The molecule has 0 atom stereocenters. The maximum atomic E-state index is 9.92. The van der Waals surface area contributed by atoms with Crippen molar-refractivity contribution in [2.45, 2.75) is 0 Å². The van der Waals surface area contributed by atoms with Crippen molar-refractivity contribution in [3.8, 4) is 51.8 Å².